The molecule has 1 aliphatic heterocycles. The molecule has 1 atom stereocenters. The summed E-state index contributed by atoms with van der Waals surface area (Å²) in [6, 6.07) is 6.96. The molecular weight excluding hydrogens is 281 g/mol. The van der Waals surface area contributed by atoms with Crippen molar-refractivity contribution < 1.29 is 9.59 Å². The van der Waals surface area contributed by atoms with E-state index in [0.29, 0.717) is 5.69 Å². The van der Waals surface area contributed by atoms with E-state index in [1.54, 1.807) is 24.3 Å². The van der Waals surface area contributed by atoms with E-state index in [-0.39, 0.29) is 18.2 Å². The molecule has 0 spiro atoms. The van der Waals surface area contributed by atoms with Crippen molar-refractivity contribution >= 4 is 45.0 Å². The molecule has 1 saturated heterocycles. The van der Waals surface area contributed by atoms with Gasteiger partial charge in [0.25, 0.3) is 5.91 Å². The number of halogens is 2. The summed E-state index contributed by atoms with van der Waals surface area (Å²) < 4.78 is 0.896. The van der Waals surface area contributed by atoms with Crippen LogP contribution in [0.2, 0.25) is 0 Å². The van der Waals surface area contributed by atoms with Crippen molar-refractivity contribution in [3.05, 3.63) is 28.7 Å². The lowest BCUT2D eigenvalue weighted by molar-refractivity contribution is -0.121. The summed E-state index contributed by atoms with van der Waals surface area (Å²) in [4.78, 5) is 24.2. The van der Waals surface area contributed by atoms with Gasteiger partial charge in [0.1, 0.15) is 5.38 Å². The summed E-state index contributed by atoms with van der Waals surface area (Å²) in [5, 5.41) is -0.721. The Balaban J connectivity index is 2.35. The average Bonchev–Trinajstić information content (AvgIpc) is 2.44. The van der Waals surface area contributed by atoms with Gasteiger partial charge in [-0.3, -0.25) is 9.59 Å². The maximum Gasteiger partial charge on any atom is 0.252 e. The second kappa shape index (κ2) is 3.94. The number of benzene rings is 1. The monoisotopic (exact) mass is 287 g/mol. The first-order chi connectivity index (χ1) is 7.09. The van der Waals surface area contributed by atoms with E-state index >= 15 is 0 Å². The minimum Gasteiger partial charge on any atom is -0.274 e. The van der Waals surface area contributed by atoms with E-state index in [9.17, 15) is 9.59 Å². The molecule has 1 heterocycles. The highest BCUT2D eigenvalue weighted by atomic mass is 79.9. The third-order valence-electron chi connectivity index (χ3n) is 2.18. The molecule has 0 bridgehead atoms. The van der Waals surface area contributed by atoms with Crippen molar-refractivity contribution in [1.82, 2.24) is 0 Å². The van der Waals surface area contributed by atoms with Gasteiger partial charge in [0, 0.05) is 4.47 Å². The van der Waals surface area contributed by atoms with E-state index in [1.165, 1.54) is 0 Å². The van der Waals surface area contributed by atoms with Crippen LogP contribution in [0.5, 0.6) is 0 Å². The maximum atomic E-state index is 11.6. The second-order valence-electron chi connectivity index (χ2n) is 3.22. The predicted octanol–water partition coefficient (Wildman–Crippen LogP) is 2.32. The zero-order valence-corrected chi connectivity index (χ0v) is 9.96. The standard InChI is InChI=1S/C10H7BrClNO2/c11-6-1-3-7(4-2-6)13-9(14)5-8(12)10(13)15/h1-4,8H,5H2. The van der Waals surface area contributed by atoms with Crippen LogP contribution < -0.4 is 4.90 Å². The highest BCUT2D eigenvalue weighted by Gasteiger charge is 2.38. The van der Waals surface area contributed by atoms with Gasteiger partial charge in [0.05, 0.1) is 12.1 Å². The lowest BCUT2D eigenvalue weighted by Gasteiger charge is -2.13. The topological polar surface area (TPSA) is 37.4 Å². The van der Waals surface area contributed by atoms with Gasteiger partial charge in [0.15, 0.2) is 0 Å². The molecule has 15 heavy (non-hydrogen) atoms. The summed E-state index contributed by atoms with van der Waals surface area (Å²) in [5.74, 6) is -0.591. The highest BCUT2D eigenvalue weighted by molar-refractivity contribution is 9.10. The van der Waals surface area contributed by atoms with Crippen molar-refractivity contribution in [3.8, 4) is 0 Å². The van der Waals surface area contributed by atoms with Crippen LogP contribution in [0.15, 0.2) is 28.7 Å². The van der Waals surface area contributed by atoms with Crippen LogP contribution in [0.3, 0.4) is 0 Å². The van der Waals surface area contributed by atoms with Gasteiger partial charge in [-0.15, -0.1) is 11.6 Å². The van der Waals surface area contributed by atoms with Crippen LogP contribution in [0.1, 0.15) is 6.42 Å². The minimum absolute atomic E-state index is 0.0798. The van der Waals surface area contributed by atoms with Crippen LogP contribution in [0.4, 0.5) is 5.69 Å². The number of anilines is 1. The molecule has 1 unspecified atom stereocenters. The zero-order valence-electron chi connectivity index (χ0n) is 7.61. The zero-order chi connectivity index (χ0) is 11.0. The summed E-state index contributed by atoms with van der Waals surface area (Å²) in [6.07, 6.45) is 0.0798. The lowest BCUT2D eigenvalue weighted by atomic mass is 10.3. The Bertz CT molecular complexity index is 418. The number of alkyl halides is 1. The molecule has 3 nitrogen and oxygen atoms in total. The van der Waals surface area contributed by atoms with Crippen molar-refractivity contribution in [2.24, 2.45) is 0 Å². The van der Waals surface area contributed by atoms with Crippen LogP contribution in [-0.2, 0) is 9.59 Å². The number of carbonyl (C=O) groups excluding carboxylic acids is 2. The van der Waals surface area contributed by atoms with Crippen molar-refractivity contribution in [2.45, 2.75) is 11.8 Å². The number of amides is 2. The first kappa shape index (κ1) is 10.6. The molecule has 2 rings (SSSR count). The van der Waals surface area contributed by atoms with Gasteiger partial charge in [-0.2, -0.15) is 0 Å². The quantitative estimate of drug-likeness (QED) is 0.587. The van der Waals surface area contributed by atoms with E-state index < -0.39 is 5.38 Å². The fourth-order valence-corrected chi connectivity index (χ4v) is 1.95. The first-order valence-electron chi connectivity index (χ1n) is 4.36. The van der Waals surface area contributed by atoms with E-state index in [0.717, 1.165) is 9.37 Å². The molecule has 0 saturated carbocycles. The van der Waals surface area contributed by atoms with Gasteiger partial charge in [-0.1, -0.05) is 15.9 Å². The highest BCUT2D eigenvalue weighted by Crippen LogP contribution is 2.26. The molecule has 1 aliphatic rings. The van der Waals surface area contributed by atoms with Gasteiger partial charge < -0.3 is 0 Å². The largest absolute Gasteiger partial charge is 0.274 e. The number of carbonyl (C=O) groups is 2. The molecule has 5 heteroatoms. The molecule has 0 aromatic heterocycles. The van der Waals surface area contributed by atoms with Crippen molar-refractivity contribution in [1.29, 1.82) is 0 Å². The Hall–Kier alpha value is -0.870. The first-order valence-corrected chi connectivity index (χ1v) is 5.59. The Kier molecular flexibility index (Phi) is 2.80. The van der Waals surface area contributed by atoms with Crippen molar-refractivity contribution in [2.75, 3.05) is 4.90 Å². The number of nitrogens with zero attached hydrogens (tertiary/aromatic N) is 1. The minimum atomic E-state index is -0.721. The number of rotatable bonds is 1. The molecular formula is C10H7BrClNO2. The Labute approximate surface area is 100 Å². The molecule has 1 aromatic carbocycles. The van der Waals surface area contributed by atoms with Crippen molar-refractivity contribution in [3.63, 3.8) is 0 Å². The molecule has 1 aromatic rings. The molecule has 0 N–H and O–H groups in total. The second-order valence-corrected chi connectivity index (χ2v) is 4.66. The molecule has 0 radical (unpaired) electrons. The molecule has 0 aliphatic carbocycles. The number of imide groups is 1. The van der Waals surface area contributed by atoms with Crippen LogP contribution in [0.25, 0.3) is 0 Å². The normalized spacial score (nSPS) is 21.2. The maximum absolute atomic E-state index is 11.6. The summed E-state index contributed by atoms with van der Waals surface area (Å²) >= 11 is 8.99. The third-order valence-corrected chi connectivity index (χ3v) is 3.05. The van der Waals surface area contributed by atoms with Crippen LogP contribution >= 0.6 is 27.5 Å². The fourth-order valence-electron chi connectivity index (χ4n) is 1.46. The van der Waals surface area contributed by atoms with Crippen LogP contribution in [0, 0.1) is 0 Å². The Morgan fingerprint density at radius 2 is 1.87 bits per heavy atom. The van der Waals surface area contributed by atoms with Gasteiger partial charge in [0.2, 0.25) is 5.91 Å². The summed E-state index contributed by atoms with van der Waals surface area (Å²) in [5.41, 5.74) is 0.566. The lowest BCUT2D eigenvalue weighted by Crippen LogP contribution is -2.30. The number of hydrogen-bond acceptors (Lipinski definition) is 2. The summed E-state index contributed by atoms with van der Waals surface area (Å²) in [7, 11) is 0. The summed E-state index contributed by atoms with van der Waals surface area (Å²) in [6.45, 7) is 0. The average molecular weight is 289 g/mol. The third kappa shape index (κ3) is 1.92. The van der Waals surface area contributed by atoms with E-state index in [1.807, 2.05) is 0 Å². The molecule has 2 amide bonds. The molecule has 1 fully saturated rings. The van der Waals surface area contributed by atoms with Crippen LogP contribution in [-0.4, -0.2) is 17.2 Å². The Morgan fingerprint density at radius 3 is 2.33 bits per heavy atom. The van der Waals surface area contributed by atoms with E-state index in [4.69, 9.17) is 11.6 Å². The van der Waals surface area contributed by atoms with Gasteiger partial charge in [-0.05, 0) is 24.3 Å². The van der Waals surface area contributed by atoms with Gasteiger partial charge >= 0.3 is 0 Å². The SMILES string of the molecule is O=C1CC(Cl)C(=O)N1c1ccc(Br)cc1. The van der Waals surface area contributed by atoms with E-state index in [2.05, 4.69) is 15.9 Å². The fraction of sp³-hybridized carbons (Fsp3) is 0.200. The predicted molar refractivity (Wildman–Crippen MR) is 60.9 cm³/mol. The smallest absolute Gasteiger partial charge is 0.252 e. The number of hydrogen-bond donors (Lipinski definition) is 0. The van der Waals surface area contributed by atoms with Gasteiger partial charge in [-0.25, -0.2) is 4.90 Å². The molecule has 78 valence electrons. The Morgan fingerprint density at radius 1 is 1.27 bits per heavy atom.